The third-order valence-electron chi connectivity index (χ3n) is 4.05. The molecule has 27 heavy (non-hydrogen) atoms. The van der Waals surface area contributed by atoms with Crippen LogP contribution in [0.5, 0.6) is 5.75 Å². The number of aromatic nitrogens is 4. The Morgan fingerprint density at radius 3 is 2.48 bits per heavy atom. The SMILES string of the molecule is COc1ccc(-c2noc(-c3ccc(N(C)Cc4ccon4)nc3)n2)cc1. The third-order valence-corrected chi connectivity index (χ3v) is 4.05. The minimum Gasteiger partial charge on any atom is -0.497 e. The summed E-state index contributed by atoms with van der Waals surface area (Å²) in [6.07, 6.45) is 3.26. The number of rotatable bonds is 6. The second kappa shape index (κ2) is 7.28. The van der Waals surface area contributed by atoms with E-state index in [1.165, 1.54) is 0 Å². The van der Waals surface area contributed by atoms with Gasteiger partial charge in [-0.3, -0.25) is 0 Å². The minimum absolute atomic E-state index is 0.416. The molecule has 1 aromatic carbocycles. The molecule has 0 saturated carbocycles. The van der Waals surface area contributed by atoms with Crippen LogP contribution in [-0.4, -0.2) is 34.4 Å². The first-order valence-corrected chi connectivity index (χ1v) is 8.28. The van der Waals surface area contributed by atoms with E-state index in [0.29, 0.717) is 18.3 Å². The molecule has 0 aliphatic rings. The van der Waals surface area contributed by atoms with E-state index in [4.69, 9.17) is 13.8 Å². The molecule has 3 aromatic heterocycles. The predicted octanol–water partition coefficient (Wildman–Crippen LogP) is 3.43. The molecule has 0 fully saturated rings. The Kier molecular flexibility index (Phi) is 4.52. The van der Waals surface area contributed by atoms with Gasteiger partial charge in [-0.15, -0.1) is 0 Å². The molecule has 8 heteroatoms. The molecule has 3 heterocycles. The van der Waals surface area contributed by atoms with E-state index in [2.05, 4.69) is 20.3 Å². The summed E-state index contributed by atoms with van der Waals surface area (Å²) in [7, 11) is 3.56. The van der Waals surface area contributed by atoms with Crippen LogP contribution in [0.25, 0.3) is 22.8 Å². The van der Waals surface area contributed by atoms with Crippen LogP contribution in [-0.2, 0) is 6.54 Å². The lowest BCUT2D eigenvalue weighted by atomic mass is 10.2. The quantitative estimate of drug-likeness (QED) is 0.515. The molecule has 0 radical (unpaired) electrons. The Balaban J connectivity index is 1.49. The first-order valence-electron chi connectivity index (χ1n) is 8.28. The summed E-state index contributed by atoms with van der Waals surface area (Å²) in [5.74, 6) is 2.51. The average molecular weight is 363 g/mol. The predicted molar refractivity (Wildman–Crippen MR) is 98.1 cm³/mol. The average Bonchev–Trinajstić information content (AvgIpc) is 3.40. The van der Waals surface area contributed by atoms with E-state index < -0.39 is 0 Å². The molecule has 0 N–H and O–H groups in total. The number of nitrogens with zero attached hydrogens (tertiary/aromatic N) is 5. The highest BCUT2D eigenvalue weighted by molar-refractivity contribution is 5.60. The van der Waals surface area contributed by atoms with Crippen LogP contribution in [0.2, 0.25) is 0 Å². The highest BCUT2D eigenvalue weighted by Gasteiger charge is 2.12. The number of benzene rings is 1. The highest BCUT2D eigenvalue weighted by atomic mass is 16.5. The van der Waals surface area contributed by atoms with Gasteiger partial charge >= 0.3 is 0 Å². The van der Waals surface area contributed by atoms with Crippen molar-refractivity contribution >= 4 is 5.82 Å². The molecular formula is C19H17N5O3. The zero-order valence-corrected chi connectivity index (χ0v) is 14.9. The lowest BCUT2D eigenvalue weighted by Gasteiger charge is -2.16. The molecule has 0 saturated heterocycles. The fourth-order valence-corrected chi connectivity index (χ4v) is 2.58. The van der Waals surface area contributed by atoms with E-state index in [9.17, 15) is 0 Å². The van der Waals surface area contributed by atoms with Crippen LogP contribution < -0.4 is 9.64 Å². The number of methoxy groups -OCH3 is 1. The maximum absolute atomic E-state index is 5.38. The van der Waals surface area contributed by atoms with Gasteiger partial charge in [0.2, 0.25) is 5.82 Å². The molecule has 0 amide bonds. The number of pyridine rings is 1. The van der Waals surface area contributed by atoms with Crippen molar-refractivity contribution in [2.45, 2.75) is 6.54 Å². The van der Waals surface area contributed by atoms with Crippen LogP contribution >= 0.6 is 0 Å². The van der Waals surface area contributed by atoms with Crippen molar-refractivity contribution in [3.8, 4) is 28.6 Å². The molecular weight excluding hydrogens is 346 g/mol. The van der Waals surface area contributed by atoms with Crippen molar-refractivity contribution in [2.75, 3.05) is 19.1 Å². The molecule has 8 nitrogen and oxygen atoms in total. The van der Waals surface area contributed by atoms with Gasteiger partial charge in [0.15, 0.2) is 0 Å². The standard InChI is InChI=1S/C19H17N5O3/c1-24(12-15-9-10-26-22-15)17-8-5-14(11-20-17)19-21-18(23-27-19)13-3-6-16(25-2)7-4-13/h3-11H,12H2,1-2H3. The van der Waals surface area contributed by atoms with Crippen molar-refractivity contribution in [1.82, 2.24) is 20.3 Å². The summed E-state index contributed by atoms with van der Waals surface area (Å²) in [5, 5.41) is 7.95. The topological polar surface area (TPSA) is 90.3 Å². The minimum atomic E-state index is 0.416. The molecule has 0 atom stereocenters. The zero-order valence-electron chi connectivity index (χ0n) is 14.9. The van der Waals surface area contributed by atoms with Gasteiger partial charge in [-0.1, -0.05) is 10.3 Å². The smallest absolute Gasteiger partial charge is 0.259 e. The van der Waals surface area contributed by atoms with Crippen LogP contribution in [0.15, 0.2) is 64.0 Å². The molecule has 0 bridgehead atoms. The van der Waals surface area contributed by atoms with Gasteiger partial charge in [0.1, 0.15) is 23.5 Å². The number of ether oxygens (including phenoxy) is 1. The lowest BCUT2D eigenvalue weighted by Crippen LogP contribution is -2.17. The van der Waals surface area contributed by atoms with Crippen LogP contribution in [0.1, 0.15) is 5.69 Å². The Bertz CT molecular complexity index is 995. The van der Waals surface area contributed by atoms with Crippen molar-refractivity contribution in [1.29, 1.82) is 0 Å². The van der Waals surface area contributed by atoms with Crippen LogP contribution in [0.3, 0.4) is 0 Å². The Morgan fingerprint density at radius 2 is 1.81 bits per heavy atom. The number of anilines is 1. The maximum Gasteiger partial charge on any atom is 0.259 e. The molecule has 4 rings (SSSR count). The van der Waals surface area contributed by atoms with Crippen molar-refractivity contribution in [3.63, 3.8) is 0 Å². The van der Waals surface area contributed by atoms with E-state index in [1.54, 1.807) is 19.6 Å². The summed E-state index contributed by atoms with van der Waals surface area (Å²) in [6.45, 7) is 0.602. The van der Waals surface area contributed by atoms with Gasteiger partial charge < -0.3 is 18.7 Å². The van der Waals surface area contributed by atoms with Gasteiger partial charge in [0.05, 0.1) is 19.2 Å². The Morgan fingerprint density at radius 1 is 1.00 bits per heavy atom. The number of hydrogen-bond donors (Lipinski definition) is 0. The largest absolute Gasteiger partial charge is 0.497 e. The van der Waals surface area contributed by atoms with Crippen molar-refractivity contribution < 1.29 is 13.8 Å². The summed E-state index contributed by atoms with van der Waals surface area (Å²) in [4.78, 5) is 10.9. The van der Waals surface area contributed by atoms with Gasteiger partial charge in [-0.25, -0.2) is 4.98 Å². The third kappa shape index (κ3) is 3.64. The molecule has 0 aliphatic heterocycles. The Labute approximate surface area is 155 Å². The fourth-order valence-electron chi connectivity index (χ4n) is 2.58. The van der Waals surface area contributed by atoms with Crippen LogP contribution in [0, 0.1) is 0 Å². The van der Waals surface area contributed by atoms with E-state index in [-0.39, 0.29) is 0 Å². The fraction of sp³-hybridized carbons (Fsp3) is 0.158. The summed E-state index contributed by atoms with van der Waals surface area (Å²) in [5.41, 5.74) is 2.44. The van der Waals surface area contributed by atoms with E-state index >= 15 is 0 Å². The first-order chi connectivity index (χ1) is 13.2. The van der Waals surface area contributed by atoms with Gasteiger partial charge in [0, 0.05) is 24.9 Å². The molecule has 136 valence electrons. The summed E-state index contributed by atoms with van der Waals surface area (Å²) >= 11 is 0. The molecule has 0 unspecified atom stereocenters. The van der Waals surface area contributed by atoms with Gasteiger partial charge in [-0.2, -0.15) is 4.98 Å². The second-order valence-corrected chi connectivity index (χ2v) is 5.90. The molecule has 0 aliphatic carbocycles. The van der Waals surface area contributed by atoms with Crippen molar-refractivity contribution in [3.05, 3.63) is 60.6 Å². The van der Waals surface area contributed by atoms with Gasteiger partial charge in [-0.05, 0) is 36.4 Å². The van der Waals surface area contributed by atoms with Crippen molar-refractivity contribution in [2.24, 2.45) is 0 Å². The van der Waals surface area contributed by atoms with E-state index in [1.807, 2.05) is 54.4 Å². The van der Waals surface area contributed by atoms with Crippen LogP contribution in [0.4, 0.5) is 5.82 Å². The highest BCUT2D eigenvalue weighted by Crippen LogP contribution is 2.24. The summed E-state index contributed by atoms with van der Waals surface area (Å²) in [6, 6.07) is 13.1. The summed E-state index contributed by atoms with van der Waals surface area (Å²) < 4.78 is 15.4. The zero-order chi connectivity index (χ0) is 18.6. The molecule has 0 spiro atoms. The maximum atomic E-state index is 5.38. The van der Waals surface area contributed by atoms with E-state index in [0.717, 1.165) is 28.4 Å². The molecule has 4 aromatic rings. The lowest BCUT2D eigenvalue weighted by molar-refractivity contribution is 0.411. The Hall–Kier alpha value is -3.68. The number of hydrogen-bond acceptors (Lipinski definition) is 8. The normalized spacial score (nSPS) is 10.7. The first kappa shape index (κ1) is 16.8. The second-order valence-electron chi connectivity index (χ2n) is 5.90. The monoisotopic (exact) mass is 363 g/mol. The van der Waals surface area contributed by atoms with Gasteiger partial charge in [0.25, 0.3) is 5.89 Å².